The molecule has 0 radical (unpaired) electrons. The summed E-state index contributed by atoms with van der Waals surface area (Å²) < 4.78 is 11.0. The average Bonchev–Trinajstić information content (AvgIpc) is 3.04. The van der Waals surface area contributed by atoms with E-state index in [1.165, 1.54) is 5.56 Å². The fourth-order valence-corrected chi connectivity index (χ4v) is 4.04. The Morgan fingerprint density at radius 3 is 2.56 bits per heavy atom. The van der Waals surface area contributed by atoms with Crippen molar-refractivity contribution in [2.45, 2.75) is 25.9 Å². The Hall–Kier alpha value is -3.10. The Balaban J connectivity index is 1.26. The highest BCUT2D eigenvalue weighted by atomic mass is 16.6. The third-order valence-corrected chi connectivity index (χ3v) is 5.84. The van der Waals surface area contributed by atoms with E-state index in [1.54, 1.807) is 18.2 Å². The normalized spacial score (nSPS) is 17.8. The third kappa shape index (κ3) is 5.77. The molecule has 3 amide bonds. The van der Waals surface area contributed by atoms with Gasteiger partial charge in [0.2, 0.25) is 5.91 Å². The van der Waals surface area contributed by atoms with E-state index in [1.807, 2.05) is 13.0 Å². The molecule has 1 fully saturated rings. The van der Waals surface area contributed by atoms with Crippen LogP contribution in [0.25, 0.3) is 0 Å². The molecule has 2 N–H and O–H groups in total. The lowest BCUT2D eigenvalue weighted by Crippen LogP contribution is -2.49. The van der Waals surface area contributed by atoms with E-state index in [0.717, 1.165) is 39.1 Å². The van der Waals surface area contributed by atoms with Crippen LogP contribution in [-0.2, 0) is 11.3 Å². The predicted octanol–water partition coefficient (Wildman–Crippen LogP) is 2.70. The summed E-state index contributed by atoms with van der Waals surface area (Å²) in [6, 6.07) is 14.6. The van der Waals surface area contributed by atoms with Crippen molar-refractivity contribution in [3.63, 3.8) is 0 Å². The van der Waals surface area contributed by atoms with E-state index in [2.05, 4.69) is 44.7 Å². The van der Waals surface area contributed by atoms with E-state index >= 15 is 0 Å². The number of nitrogens with zero attached hydrogens (tertiary/aromatic N) is 2. The first-order valence-corrected chi connectivity index (χ1v) is 11.1. The van der Waals surface area contributed by atoms with Gasteiger partial charge in [0.15, 0.2) is 11.5 Å². The van der Waals surface area contributed by atoms with Crippen LogP contribution in [0.4, 0.5) is 10.5 Å². The van der Waals surface area contributed by atoms with E-state index in [9.17, 15) is 9.59 Å². The van der Waals surface area contributed by atoms with Crippen LogP contribution in [0.1, 0.15) is 18.9 Å². The maximum atomic E-state index is 12.7. The number of hydrogen-bond donors (Lipinski definition) is 2. The van der Waals surface area contributed by atoms with E-state index in [4.69, 9.17) is 9.47 Å². The molecule has 2 aromatic carbocycles. The molecule has 4 rings (SSSR count). The fourth-order valence-electron chi connectivity index (χ4n) is 4.04. The van der Waals surface area contributed by atoms with Crippen LogP contribution in [0.15, 0.2) is 48.5 Å². The van der Waals surface area contributed by atoms with Crippen LogP contribution >= 0.6 is 0 Å². The maximum absolute atomic E-state index is 12.7. The second-order valence-corrected chi connectivity index (χ2v) is 8.13. The van der Waals surface area contributed by atoms with Crippen molar-refractivity contribution in [2.75, 3.05) is 44.7 Å². The number of rotatable bonds is 5. The van der Waals surface area contributed by atoms with Gasteiger partial charge in [0.1, 0.15) is 13.2 Å². The van der Waals surface area contributed by atoms with E-state index in [-0.39, 0.29) is 5.91 Å². The minimum absolute atomic E-state index is 0.309. The monoisotopic (exact) mass is 438 g/mol. The lowest BCUT2D eigenvalue weighted by Gasteiger charge is -2.26. The highest BCUT2D eigenvalue weighted by molar-refractivity contribution is 6.02. The Kier molecular flexibility index (Phi) is 7.24. The molecule has 0 aromatic heterocycles. The molecule has 170 valence electrons. The van der Waals surface area contributed by atoms with Crippen LogP contribution in [0, 0.1) is 0 Å². The smallest absolute Gasteiger partial charge is 0.325 e. The SMILES string of the molecule is CC(C(=O)NC(=O)Nc1ccc2c(c1)OCCO2)N1CCCN(Cc2ccccc2)CC1. The molecule has 0 saturated carbocycles. The van der Waals surface area contributed by atoms with Crippen LogP contribution in [0.2, 0.25) is 0 Å². The summed E-state index contributed by atoms with van der Waals surface area (Å²) in [6.45, 7) is 7.21. The third-order valence-electron chi connectivity index (χ3n) is 5.84. The molecule has 2 aliphatic rings. The second kappa shape index (κ2) is 10.5. The van der Waals surface area contributed by atoms with Crippen LogP contribution in [0.3, 0.4) is 0 Å². The Labute approximate surface area is 188 Å². The Morgan fingerprint density at radius 1 is 0.969 bits per heavy atom. The summed E-state index contributed by atoms with van der Waals surface area (Å²) in [5, 5.41) is 5.15. The summed E-state index contributed by atoms with van der Waals surface area (Å²) in [5.74, 6) is 0.921. The van der Waals surface area contributed by atoms with E-state index < -0.39 is 12.1 Å². The molecular formula is C24H30N4O4. The first-order valence-electron chi connectivity index (χ1n) is 11.1. The summed E-state index contributed by atoms with van der Waals surface area (Å²) >= 11 is 0. The molecule has 0 aliphatic carbocycles. The number of hydrogen-bond acceptors (Lipinski definition) is 6. The van der Waals surface area contributed by atoms with Gasteiger partial charge in [-0.15, -0.1) is 0 Å². The Morgan fingerprint density at radius 2 is 1.75 bits per heavy atom. The maximum Gasteiger partial charge on any atom is 0.325 e. The Bertz CT molecular complexity index is 937. The number of nitrogens with one attached hydrogen (secondary N) is 2. The standard InChI is InChI=1S/C24H30N4O4/c1-18(28-11-5-10-27(12-13-28)17-19-6-3-2-4-7-19)23(29)26-24(30)25-20-8-9-21-22(16-20)32-15-14-31-21/h2-4,6-9,16,18H,5,10-15,17H2,1H3,(H2,25,26,29,30). The quantitative estimate of drug-likeness (QED) is 0.747. The number of ether oxygens (including phenoxy) is 2. The largest absolute Gasteiger partial charge is 0.486 e. The average molecular weight is 439 g/mol. The van der Waals surface area contributed by atoms with Gasteiger partial charge in [-0.25, -0.2) is 4.79 Å². The van der Waals surface area contributed by atoms with Crippen molar-refractivity contribution in [3.8, 4) is 11.5 Å². The summed E-state index contributed by atoms with van der Waals surface area (Å²) in [6.07, 6.45) is 0.980. The number of fused-ring (bicyclic) bond motifs is 1. The van der Waals surface area contributed by atoms with Crippen molar-refractivity contribution in [2.24, 2.45) is 0 Å². The molecule has 2 aliphatic heterocycles. The van der Waals surface area contributed by atoms with Gasteiger partial charge in [-0.2, -0.15) is 0 Å². The summed E-state index contributed by atoms with van der Waals surface area (Å²) in [4.78, 5) is 29.6. The van der Waals surface area contributed by atoms with Gasteiger partial charge < -0.3 is 14.8 Å². The lowest BCUT2D eigenvalue weighted by molar-refractivity contribution is -0.124. The number of imide groups is 1. The zero-order chi connectivity index (χ0) is 22.3. The van der Waals surface area contributed by atoms with Gasteiger partial charge >= 0.3 is 6.03 Å². The predicted molar refractivity (Wildman–Crippen MR) is 122 cm³/mol. The second-order valence-electron chi connectivity index (χ2n) is 8.13. The first kappa shape index (κ1) is 22.1. The lowest BCUT2D eigenvalue weighted by atomic mass is 10.2. The molecule has 8 nitrogen and oxygen atoms in total. The molecule has 2 aromatic rings. The van der Waals surface area contributed by atoms with Crippen molar-refractivity contribution < 1.29 is 19.1 Å². The summed E-state index contributed by atoms with van der Waals surface area (Å²) in [7, 11) is 0. The van der Waals surface area contributed by atoms with Gasteiger partial charge in [0, 0.05) is 37.9 Å². The molecule has 1 saturated heterocycles. The first-order chi connectivity index (χ1) is 15.6. The zero-order valence-corrected chi connectivity index (χ0v) is 18.4. The van der Waals surface area contributed by atoms with Crippen molar-refractivity contribution in [3.05, 3.63) is 54.1 Å². The highest BCUT2D eigenvalue weighted by Gasteiger charge is 2.25. The van der Waals surface area contributed by atoms with Gasteiger partial charge in [-0.05, 0) is 37.6 Å². The van der Waals surface area contributed by atoms with Gasteiger partial charge in [0.25, 0.3) is 0 Å². The van der Waals surface area contributed by atoms with Gasteiger partial charge in [0.05, 0.1) is 6.04 Å². The molecule has 1 atom stereocenters. The molecule has 2 heterocycles. The number of amides is 3. The fraction of sp³-hybridized carbons (Fsp3) is 0.417. The number of carbonyl (C=O) groups excluding carboxylic acids is 2. The van der Waals surface area contributed by atoms with Gasteiger partial charge in [-0.1, -0.05) is 30.3 Å². The van der Waals surface area contributed by atoms with Crippen LogP contribution < -0.4 is 20.1 Å². The van der Waals surface area contributed by atoms with Crippen LogP contribution in [-0.4, -0.2) is 67.2 Å². The van der Waals surface area contributed by atoms with Crippen molar-refractivity contribution in [1.82, 2.24) is 15.1 Å². The molecule has 32 heavy (non-hydrogen) atoms. The van der Waals surface area contributed by atoms with Crippen molar-refractivity contribution in [1.29, 1.82) is 0 Å². The van der Waals surface area contributed by atoms with E-state index in [0.29, 0.717) is 30.4 Å². The number of carbonyl (C=O) groups is 2. The number of anilines is 1. The highest BCUT2D eigenvalue weighted by Crippen LogP contribution is 2.32. The number of urea groups is 1. The van der Waals surface area contributed by atoms with Crippen molar-refractivity contribution >= 4 is 17.6 Å². The summed E-state index contributed by atoms with van der Waals surface area (Å²) in [5.41, 5.74) is 1.83. The molecule has 1 unspecified atom stereocenters. The molecular weight excluding hydrogens is 408 g/mol. The number of benzene rings is 2. The molecule has 8 heteroatoms. The molecule has 0 spiro atoms. The van der Waals surface area contributed by atoms with Gasteiger partial charge in [-0.3, -0.25) is 19.9 Å². The minimum Gasteiger partial charge on any atom is -0.486 e. The van der Waals surface area contributed by atoms with Crippen LogP contribution in [0.5, 0.6) is 11.5 Å². The minimum atomic E-state index is -0.556. The molecule has 0 bridgehead atoms. The zero-order valence-electron chi connectivity index (χ0n) is 18.4. The topological polar surface area (TPSA) is 83.1 Å².